The van der Waals surface area contributed by atoms with E-state index in [0.29, 0.717) is 0 Å². The predicted molar refractivity (Wildman–Crippen MR) is 81.8 cm³/mol. The van der Waals surface area contributed by atoms with Gasteiger partial charge in [0.2, 0.25) is 0 Å². The van der Waals surface area contributed by atoms with Crippen LogP contribution in [0.5, 0.6) is 0 Å². The summed E-state index contributed by atoms with van der Waals surface area (Å²) in [6, 6.07) is 6.50. The molecule has 1 saturated heterocycles. The predicted octanol–water partition coefficient (Wildman–Crippen LogP) is 1.66. The maximum Gasteiger partial charge on any atom is 0.150 e. The second-order valence-electron chi connectivity index (χ2n) is 5.93. The molecule has 0 bridgehead atoms. The van der Waals surface area contributed by atoms with E-state index in [1.807, 2.05) is 0 Å². The van der Waals surface area contributed by atoms with Gasteiger partial charge in [0.1, 0.15) is 9.84 Å². The number of hydrogen-bond acceptors (Lipinski definition) is 4. The monoisotopic (exact) mass is 294 g/mol. The average Bonchev–Trinajstić information content (AvgIpc) is 2.88. The summed E-state index contributed by atoms with van der Waals surface area (Å²) in [6.45, 7) is 3.71. The van der Waals surface area contributed by atoms with Gasteiger partial charge in [-0.2, -0.15) is 0 Å². The van der Waals surface area contributed by atoms with E-state index in [0.717, 1.165) is 45.4 Å². The van der Waals surface area contributed by atoms with Crippen molar-refractivity contribution >= 4 is 15.5 Å². The van der Waals surface area contributed by atoms with Crippen LogP contribution in [0.15, 0.2) is 18.2 Å². The molecule has 5 heteroatoms. The molecule has 3 rings (SSSR count). The molecule has 1 N–H and O–H groups in total. The maximum absolute atomic E-state index is 11.6. The molecule has 1 fully saturated rings. The van der Waals surface area contributed by atoms with Crippen molar-refractivity contribution in [1.29, 1.82) is 0 Å². The van der Waals surface area contributed by atoms with E-state index in [9.17, 15) is 8.42 Å². The molecule has 0 atom stereocenters. The summed E-state index contributed by atoms with van der Waals surface area (Å²) in [4.78, 5) is 2.37. The van der Waals surface area contributed by atoms with Crippen LogP contribution in [0.4, 0.5) is 5.69 Å². The number of likely N-dealkylation sites (tertiary alicyclic amines) is 1. The zero-order valence-corrected chi connectivity index (χ0v) is 12.7. The lowest BCUT2D eigenvalue weighted by molar-refractivity contribution is 0.222. The molecule has 1 aromatic rings. The van der Waals surface area contributed by atoms with Gasteiger partial charge in [-0.25, -0.2) is 8.42 Å². The molecule has 0 spiro atoms. The number of rotatable bonds is 3. The molecule has 0 aliphatic carbocycles. The number of para-hydroxylation sites is 1. The third kappa shape index (κ3) is 2.83. The smallest absolute Gasteiger partial charge is 0.150 e. The summed E-state index contributed by atoms with van der Waals surface area (Å²) >= 11 is 0. The van der Waals surface area contributed by atoms with Crippen molar-refractivity contribution in [1.82, 2.24) is 4.90 Å². The van der Waals surface area contributed by atoms with Crippen LogP contribution in [0.25, 0.3) is 0 Å². The highest BCUT2D eigenvalue weighted by Gasteiger charge is 2.27. The number of hydrogen-bond donors (Lipinski definition) is 1. The van der Waals surface area contributed by atoms with E-state index in [1.54, 1.807) is 0 Å². The van der Waals surface area contributed by atoms with Crippen LogP contribution < -0.4 is 5.32 Å². The van der Waals surface area contributed by atoms with Crippen molar-refractivity contribution in [2.24, 2.45) is 0 Å². The molecular formula is C15H22N2O2S. The molecule has 1 aromatic carbocycles. The Bertz CT molecular complexity index is 590. The molecule has 0 unspecified atom stereocenters. The van der Waals surface area contributed by atoms with Gasteiger partial charge in [0, 0.05) is 25.0 Å². The van der Waals surface area contributed by atoms with Gasteiger partial charge < -0.3 is 5.32 Å². The van der Waals surface area contributed by atoms with Gasteiger partial charge in [-0.05, 0) is 43.5 Å². The maximum atomic E-state index is 11.6. The lowest BCUT2D eigenvalue weighted by Crippen LogP contribution is -2.38. The number of fused-ring (bicyclic) bond motifs is 1. The van der Waals surface area contributed by atoms with Crippen molar-refractivity contribution in [2.45, 2.75) is 31.1 Å². The van der Waals surface area contributed by atoms with Crippen LogP contribution in [-0.4, -0.2) is 44.5 Å². The summed E-state index contributed by atoms with van der Waals surface area (Å²) in [7, 11) is -2.87. The van der Waals surface area contributed by atoms with Crippen LogP contribution in [0.3, 0.4) is 0 Å². The molecule has 0 aromatic heterocycles. The highest BCUT2D eigenvalue weighted by atomic mass is 32.2. The van der Waals surface area contributed by atoms with E-state index in [4.69, 9.17) is 0 Å². The first-order chi connectivity index (χ1) is 9.54. The molecule has 20 heavy (non-hydrogen) atoms. The second kappa shape index (κ2) is 5.37. The lowest BCUT2D eigenvalue weighted by atomic mass is 10.1. The Morgan fingerprint density at radius 1 is 1.30 bits per heavy atom. The summed E-state index contributed by atoms with van der Waals surface area (Å²) in [6.07, 6.45) is 4.00. The van der Waals surface area contributed by atoms with Crippen LogP contribution in [0, 0.1) is 0 Å². The van der Waals surface area contributed by atoms with Crippen LogP contribution in [-0.2, 0) is 22.8 Å². The van der Waals surface area contributed by atoms with Crippen molar-refractivity contribution in [3.63, 3.8) is 0 Å². The minimum absolute atomic E-state index is 0.140. The van der Waals surface area contributed by atoms with Crippen molar-refractivity contribution in [2.75, 3.05) is 31.2 Å². The van der Waals surface area contributed by atoms with Gasteiger partial charge in [-0.3, -0.25) is 4.90 Å². The number of piperidine rings is 1. The molecule has 2 aliphatic heterocycles. The van der Waals surface area contributed by atoms with Gasteiger partial charge in [0.25, 0.3) is 0 Å². The van der Waals surface area contributed by atoms with E-state index >= 15 is 0 Å². The Labute approximate surface area is 121 Å². The fourth-order valence-electron chi connectivity index (χ4n) is 3.28. The standard InChI is InChI=1S/C15H22N2O2S/c1-20(18,19)14-6-9-17(10-7-14)11-13-4-2-3-12-5-8-16-15(12)13/h2-4,14,16H,5-11H2,1H3. The summed E-state index contributed by atoms with van der Waals surface area (Å²) in [5, 5.41) is 3.33. The van der Waals surface area contributed by atoms with Crippen LogP contribution >= 0.6 is 0 Å². The summed E-state index contributed by atoms with van der Waals surface area (Å²) in [5.41, 5.74) is 4.06. The Morgan fingerprint density at radius 3 is 2.75 bits per heavy atom. The van der Waals surface area contributed by atoms with E-state index < -0.39 is 9.84 Å². The van der Waals surface area contributed by atoms with Crippen LogP contribution in [0.2, 0.25) is 0 Å². The fraction of sp³-hybridized carbons (Fsp3) is 0.600. The quantitative estimate of drug-likeness (QED) is 0.921. The summed E-state index contributed by atoms with van der Waals surface area (Å²) in [5.74, 6) is 0. The van der Waals surface area contributed by atoms with E-state index in [-0.39, 0.29) is 5.25 Å². The van der Waals surface area contributed by atoms with Crippen molar-refractivity contribution in [3.05, 3.63) is 29.3 Å². The molecule has 0 saturated carbocycles. The van der Waals surface area contributed by atoms with Gasteiger partial charge >= 0.3 is 0 Å². The third-order valence-corrected chi connectivity index (χ3v) is 6.15. The Hall–Kier alpha value is -1.07. The van der Waals surface area contributed by atoms with E-state index in [2.05, 4.69) is 28.4 Å². The molecular weight excluding hydrogens is 272 g/mol. The zero-order valence-electron chi connectivity index (χ0n) is 11.9. The first-order valence-corrected chi connectivity index (χ1v) is 9.25. The highest BCUT2D eigenvalue weighted by molar-refractivity contribution is 7.91. The first kappa shape index (κ1) is 13.9. The second-order valence-corrected chi connectivity index (χ2v) is 8.26. The topological polar surface area (TPSA) is 49.4 Å². The van der Waals surface area contributed by atoms with Gasteiger partial charge in [0.05, 0.1) is 5.25 Å². The molecule has 0 amide bonds. The minimum Gasteiger partial charge on any atom is -0.384 e. The highest BCUT2D eigenvalue weighted by Crippen LogP contribution is 2.28. The number of nitrogens with one attached hydrogen (secondary N) is 1. The Morgan fingerprint density at radius 2 is 2.05 bits per heavy atom. The van der Waals surface area contributed by atoms with Gasteiger partial charge in [-0.1, -0.05) is 18.2 Å². The SMILES string of the molecule is CS(=O)(=O)C1CCN(Cc2cccc3c2NCC3)CC1. The molecule has 2 aliphatic rings. The molecule has 4 nitrogen and oxygen atoms in total. The number of benzene rings is 1. The molecule has 110 valence electrons. The van der Waals surface area contributed by atoms with Crippen LogP contribution in [0.1, 0.15) is 24.0 Å². The average molecular weight is 294 g/mol. The third-order valence-electron chi connectivity index (χ3n) is 4.47. The largest absolute Gasteiger partial charge is 0.384 e. The number of nitrogens with zero attached hydrogens (tertiary/aromatic N) is 1. The zero-order chi connectivity index (χ0) is 14.2. The lowest BCUT2D eigenvalue weighted by Gasteiger charge is -2.31. The normalized spacial score (nSPS) is 20.6. The Balaban J connectivity index is 1.65. The van der Waals surface area contributed by atoms with Crippen molar-refractivity contribution < 1.29 is 8.42 Å². The van der Waals surface area contributed by atoms with Crippen molar-refractivity contribution in [3.8, 4) is 0 Å². The van der Waals surface area contributed by atoms with E-state index in [1.165, 1.54) is 23.1 Å². The fourth-order valence-corrected chi connectivity index (χ4v) is 4.35. The number of sulfone groups is 1. The van der Waals surface area contributed by atoms with Gasteiger partial charge in [0.15, 0.2) is 0 Å². The Kier molecular flexibility index (Phi) is 3.73. The minimum atomic E-state index is -2.87. The first-order valence-electron chi connectivity index (χ1n) is 7.30. The summed E-state index contributed by atoms with van der Waals surface area (Å²) < 4.78 is 23.2. The number of anilines is 1. The molecule has 0 radical (unpaired) electrons. The molecule has 2 heterocycles. The van der Waals surface area contributed by atoms with Gasteiger partial charge in [-0.15, -0.1) is 0 Å².